The maximum Gasteiger partial charge on any atom is 0.410 e. The summed E-state index contributed by atoms with van der Waals surface area (Å²) in [6.07, 6.45) is 0.238. The molecule has 0 atom stereocenters. The van der Waals surface area contributed by atoms with Gasteiger partial charge in [-0.15, -0.1) is 0 Å². The van der Waals surface area contributed by atoms with Crippen molar-refractivity contribution in [3.8, 4) is 0 Å². The number of carbonyl (C=O) groups excluding carboxylic acids is 1. The van der Waals surface area contributed by atoms with Gasteiger partial charge in [-0.1, -0.05) is 0 Å². The number of rotatable bonds is 6. The molecule has 1 aliphatic rings. The van der Waals surface area contributed by atoms with Gasteiger partial charge in [0.15, 0.2) is 5.82 Å². The Morgan fingerprint density at radius 2 is 1.78 bits per heavy atom. The molecule has 4 heterocycles. The largest absolute Gasteiger partial charge is 0.444 e. The van der Waals surface area contributed by atoms with E-state index in [0.29, 0.717) is 42.9 Å². The number of hydrogen-bond acceptors (Lipinski definition) is 9. The Hall–Kier alpha value is -3.83. The predicted octanol–water partition coefficient (Wildman–Crippen LogP) is 4.98. The highest BCUT2D eigenvalue weighted by atomic mass is 19.3. The number of carbonyl (C=O) groups is 1. The molecule has 0 spiro atoms. The second-order valence-corrected chi connectivity index (χ2v) is 10.1. The topological polar surface area (TPSA) is 108 Å². The number of fused-ring (bicyclic) bond motifs is 1. The molecule has 0 bridgehead atoms. The number of anilines is 4. The van der Waals surface area contributed by atoms with Crippen LogP contribution < -0.4 is 15.5 Å². The van der Waals surface area contributed by atoms with E-state index in [1.54, 1.807) is 11.1 Å². The van der Waals surface area contributed by atoms with Gasteiger partial charge in [0.25, 0.3) is 6.43 Å². The van der Waals surface area contributed by atoms with Gasteiger partial charge >= 0.3 is 6.09 Å². The highest BCUT2D eigenvalue weighted by Gasteiger charge is 2.26. The molecule has 198 valence electrons. The summed E-state index contributed by atoms with van der Waals surface area (Å²) >= 11 is 0. The molecular weight excluding hydrogens is 482 g/mol. The number of alkyl halides is 2. The molecule has 10 nitrogen and oxygen atoms in total. The first kappa shape index (κ1) is 26.2. The molecule has 1 aliphatic heterocycles. The van der Waals surface area contributed by atoms with Crippen LogP contribution in [0.3, 0.4) is 0 Å². The lowest BCUT2D eigenvalue weighted by Gasteiger charge is -2.36. The monoisotopic (exact) mass is 514 g/mol. The van der Waals surface area contributed by atoms with Crippen molar-refractivity contribution >= 4 is 40.3 Å². The van der Waals surface area contributed by atoms with E-state index in [9.17, 15) is 13.6 Å². The summed E-state index contributed by atoms with van der Waals surface area (Å²) in [6.45, 7) is 11.8. The van der Waals surface area contributed by atoms with Crippen molar-refractivity contribution in [3.05, 3.63) is 36.3 Å². The predicted molar refractivity (Wildman–Crippen MR) is 139 cm³/mol. The van der Waals surface area contributed by atoms with Gasteiger partial charge in [-0.2, -0.15) is 0 Å². The smallest absolute Gasteiger partial charge is 0.410 e. The van der Waals surface area contributed by atoms with Gasteiger partial charge < -0.3 is 25.2 Å². The molecule has 1 amide bonds. The molecule has 4 rings (SSSR count). The minimum Gasteiger partial charge on any atom is -0.444 e. The van der Waals surface area contributed by atoms with Crippen molar-refractivity contribution in [2.24, 2.45) is 0 Å². The molecule has 0 unspecified atom stereocenters. The Morgan fingerprint density at radius 3 is 2.38 bits per heavy atom. The van der Waals surface area contributed by atoms with E-state index in [1.165, 1.54) is 12.3 Å². The van der Waals surface area contributed by atoms with Gasteiger partial charge in [-0.25, -0.2) is 33.5 Å². The van der Waals surface area contributed by atoms with Crippen LogP contribution in [0.1, 0.15) is 46.7 Å². The number of piperazine rings is 1. The zero-order valence-corrected chi connectivity index (χ0v) is 21.6. The van der Waals surface area contributed by atoms with Crippen molar-refractivity contribution in [2.45, 2.75) is 52.7 Å². The third-order valence-electron chi connectivity index (χ3n) is 5.52. The van der Waals surface area contributed by atoms with Crippen LogP contribution in [0.4, 0.5) is 36.8 Å². The van der Waals surface area contributed by atoms with E-state index in [-0.39, 0.29) is 29.6 Å². The average molecular weight is 515 g/mol. The van der Waals surface area contributed by atoms with E-state index < -0.39 is 12.0 Å². The normalized spacial score (nSPS) is 14.4. The zero-order valence-electron chi connectivity index (χ0n) is 21.6. The quantitative estimate of drug-likeness (QED) is 0.471. The van der Waals surface area contributed by atoms with Crippen molar-refractivity contribution in [2.75, 3.05) is 41.7 Å². The lowest BCUT2D eigenvalue weighted by Crippen LogP contribution is -2.50. The molecule has 3 aromatic heterocycles. The summed E-state index contributed by atoms with van der Waals surface area (Å²) in [5, 5.41) is 6.61. The molecule has 1 saturated heterocycles. The fourth-order valence-electron chi connectivity index (χ4n) is 3.84. The van der Waals surface area contributed by atoms with E-state index in [4.69, 9.17) is 4.74 Å². The van der Waals surface area contributed by atoms with Crippen LogP contribution in [-0.2, 0) is 4.74 Å². The maximum atomic E-state index is 13.3. The number of nitrogens with zero attached hydrogens (tertiary/aromatic N) is 6. The highest BCUT2D eigenvalue weighted by Crippen LogP contribution is 2.27. The van der Waals surface area contributed by atoms with Crippen LogP contribution in [-0.4, -0.2) is 68.8 Å². The Balaban J connectivity index is 1.43. The van der Waals surface area contributed by atoms with Crippen LogP contribution in [0.15, 0.2) is 30.6 Å². The number of hydrogen-bond donors (Lipinski definition) is 2. The SMILES string of the molecule is CC(C)Nc1nc(C(F)F)cc2cnc(Nc3ccc(N4CCN(C(=O)OC(C)(C)C)CC4)cn3)nc12. The molecule has 0 radical (unpaired) electrons. The Kier molecular flexibility index (Phi) is 7.55. The second-order valence-electron chi connectivity index (χ2n) is 10.1. The van der Waals surface area contributed by atoms with E-state index in [2.05, 4.69) is 35.5 Å². The van der Waals surface area contributed by atoms with Crippen LogP contribution in [0.5, 0.6) is 0 Å². The van der Waals surface area contributed by atoms with Gasteiger partial charge in [-0.3, -0.25) is 0 Å². The van der Waals surface area contributed by atoms with Crippen molar-refractivity contribution in [1.29, 1.82) is 0 Å². The van der Waals surface area contributed by atoms with Gasteiger partial charge in [0.1, 0.15) is 22.6 Å². The number of ether oxygens (including phenoxy) is 1. The Labute approximate surface area is 214 Å². The van der Waals surface area contributed by atoms with Crippen LogP contribution in [0, 0.1) is 0 Å². The first-order chi connectivity index (χ1) is 17.5. The van der Waals surface area contributed by atoms with Crippen molar-refractivity contribution in [3.63, 3.8) is 0 Å². The minimum absolute atomic E-state index is 0.0183. The maximum absolute atomic E-state index is 13.3. The third-order valence-corrected chi connectivity index (χ3v) is 5.52. The number of aromatic nitrogens is 4. The van der Waals surface area contributed by atoms with E-state index in [0.717, 1.165) is 5.69 Å². The van der Waals surface area contributed by atoms with Gasteiger partial charge in [-0.05, 0) is 52.8 Å². The van der Waals surface area contributed by atoms with Crippen molar-refractivity contribution < 1.29 is 18.3 Å². The van der Waals surface area contributed by atoms with Gasteiger partial charge in [0.2, 0.25) is 5.95 Å². The van der Waals surface area contributed by atoms with Gasteiger partial charge in [0, 0.05) is 43.8 Å². The number of amides is 1. The summed E-state index contributed by atoms with van der Waals surface area (Å²) in [4.78, 5) is 33.4. The summed E-state index contributed by atoms with van der Waals surface area (Å²) in [5.41, 5.74) is 0.522. The lowest BCUT2D eigenvalue weighted by molar-refractivity contribution is 0.0240. The summed E-state index contributed by atoms with van der Waals surface area (Å²) in [5.74, 6) is 1.09. The first-order valence-corrected chi connectivity index (χ1v) is 12.2. The zero-order chi connectivity index (χ0) is 26.7. The molecule has 1 fully saturated rings. The molecule has 0 aromatic carbocycles. The average Bonchev–Trinajstić information content (AvgIpc) is 2.83. The second kappa shape index (κ2) is 10.7. The number of nitrogens with one attached hydrogen (secondary N) is 2. The van der Waals surface area contributed by atoms with Gasteiger partial charge in [0.05, 0.1) is 11.9 Å². The van der Waals surface area contributed by atoms with E-state index >= 15 is 0 Å². The molecule has 12 heteroatoms. The summed E-state index contributed by atoms with van der Waals surface area (Å²) < 4.78 is 32.0. The molecular formula is C25H32F2N8O2. The minimum atomic E-state index is -2.70. The number of pyridine rings is 2. The molecule has 0 aliphatic carbocycles. The molecule has 37 heavy (non-hydrogen) atoms. The summed E-state index contributed by atoms with van der Waals surface area (Å²) in [6, 6.07) is 5.02. The Morgan fingerprint density at radius 1 is 1.05 bits per heavy atom. The van der Waals surface area contributed by atoms with Crippen LogP contribution in [0.2, 0.25) is 0 Å². The Bertz CT molecular complexity index is 1240. The summed E-state index contributed by atoms with van der Waals surface area (Å²) in [7, 11) is 0. The molecule has 2 N–H and O–H groups in total. The van der Waals surface area contributed by atoms with Crippen LogP contribution in [0.25, 0.3) is 10.9 Å². The van der Waals surface area contributed by atoms with Crippen molar-refractivity contribution in [1.82, 2.24) is 24.8 Å². The fraction of sp³-hybridized carbons (Fsp3) is 0.480. The number of halogens is 2. The lowest BCUT2D eigenvalue weighted by atomic mass is 10.2. The fourth-order valence-corrected chi connectivity index (χ4v) is 3.84. The standard InChI is InChI=1S/C25H32F2N8O2/c1-15(2)30-22-20-16(12-18(31-22)21(26)27)13-29-23(33-20)32-19-7-6-17(14-28-19)34-8-10-35(11-9-34)24(36)37-25(3,4)5/h6-7,12-15,21H,8-11H2,1-5H3,(H,30,31)(H,28,29,32,33). The molecule has 3 aromatic rings. The first-order valence-electron chi connectivity index (χ1n) is 12.2. The molecule has 0 saturated carbocycles. The third kappa shape index (κ3) is 6.69. The highest BCUT2D eigenvalue weighted by molar-refractivity contribution is 5.89. The van der Waals surface area contributed by atoms with Crippen LogP contribution >= 0.6 is 0 Å². The van der Waals surface area contributed by atoms with E-state index in [1.807, 2.05) is 46.8 Å².